The van der Waals surface area contributed by atoms with Crippen molar-refractivity contribution in [2.75, 3.05) is 26.2 Å². The number of methoxy groups -OCH3 is 3. The van der Waals surface area contributed by atoms with E-state index in [0.29, 0.717) is 39.9 Å². The van der Waals surface area contributed by atoms with Crippen LogP contribution in [0.1, 0.15) is 25.5 Å². The molecule has 4 rings (SSSR count). The number of allylic oxidation sites excluding steroid dienone is 2. The van der Waals surface area contributed by atoms with E-state index in [-0.39, 0.29) is 16.2 Å². The van der Waals surface area contributed by atoms with Crippen LogP contribution in [-0.4, -0.2) is 33.3 Å². The Labute approximate surface area is 218 Å². The lowest BCUT2D eigenvalue weighted by atomic mass is 9.82. The molecule has 1 aliphatic heterocycles. The number of halogens is 2. The van der Waals surface area contributed by atoms with Crippen molar-refractivity contribution in [3.8, 4) is 17.1 Å². The van der Waals surface area contributed by atoms with Crippen molar-refractivity contribution in [1.82, 2.24) is 0 Å². The first-order valence-corrected chi connectivity index (χ1v) is 11.7. The van der Waals surface area contributed by atoms with Crippen molar-refractivity contribution in [3.05, 3.63) is 93.7 Å². The minimum absolute atomic E-state index is 0.0553. The Balaban J connectivity index is 1.91. The quantitative estimate of drug-likeness (QED) is 0.352. The number of hydrogen-bond acceptors (Lipinski definition) is 7. The summed E-state index contributed by atoms with van der Waals surface area (Å²) in [6.07, 6.45) is 0. The first kappa shape index (κ1) is 26.0. The smallest absolute Gasteiger partial charge is 0.336 e. The highest BCUT2D eigenvalue weighted by Gasteiger charge is 2.42. The fraction of sp³-hybridized carbons (Fsp3) is 0.214. The van der Waals surface area contributed by atoms with E-state index in [1.54, 1.807) is 50.1 Å². The minimum Gasteiger partial charge on any atom is -0.497 e. The monoisotopic (exact) mass is 525 g/mol. The van der Waals surface area contributed by atoms with Crippen LogP contribution in [0.5, 0.6) is 5.75 Å². The van der Waals surface area contributed by atoms with Crippen LogP contribution in [0, 0.1) is 5.82 Å². The fourth-order valence-electron chi connectivity index (χ4n) is 4.52. The summed E-state index contributed by atoms with van der Waals surface area (Å²) in [6.45, 7) is 3.54. The summed E-state index contributed by atoms with van der Waals surface area (Å²) < 4.78 is 35.3. The molecule has 1 aromatic heterocycles. The lowest BCUT2D eigenvalue weighted by Gasteiger charge is -2.37. The predicted molar refractivity (Wildman–Crippen MR) is 137 cm³/mol. The van der Waals surface area contributed by atoms with Gasteiger partial charge in [0.25, 0.3) is 0 Å². The molecule has 37 heavy (non-hydrogen) atoms. The SMILES string of the molecule is COC(=O)C1=C(C)N(c2ccc(OC)cc2)C(C)=C(C(=O)OC)C1c1ccc(-c2ccc(F)c(Cl)c2)o1. The third-order valence-electron chi connectivity index (χ3n) is 6.28. The molecule has 192 valence electrons. The Bertz CT molecular complexity index is 1380. The Morgan fingerprint density at radius 2 is 1.49 bits per heavy atom. The molecule has 0 saturated carbocycles. The highest BCUT2D eigenvalue weighted by molar-refractivity contribution is 6.31. The maximum Gasteiger partial charge on any atom is 0.336 e. The zero-order valence-corrected chi connectivity index (χ0v) is 21.7. The van der Waals surface area contributed by atoms with Gasteiger partial charge in [-0.15, -0.1) is 0 Å². The first-order valence-electron chi connectivity index (χ1n) is 11.3. The van der Waals surface area contributed by atoms with Crippen molar-refractivity contribution in [3.63, 3.8) is 0 Å². The molecule has 0 radical (unpaired) electrons. The molecule has 0 saturated heterocycles. The molecule has 0 fully saturated rings. The molecule has 0 aliphatic carbocycles. The summed E-state index contributed by atoms with van der Waals surface area (Å²) in [4.78, 5) is 28.1. The van der Waals surface area contributed by atoms with E-state index < -0.39 is 23.7 Å². The molecule has 0 atom stereocenters. The number of nitrogens with zero attached hydrogens (tertiary/aromatic N) is 1. The molecule has 3 aromatic rings. The number of esters is 2. The summed E-state index contributed by atoms with van der Waals surface area (Å²) in [6, 6.07) is 14.7. The molecular formula is C28H25ClFNO6. The third-order valence-corrected chi connectivity index (χ3v) is 6.57. The van der Waals surface area contributed by atoms with Crippen molar-refractivity contribution in [1.29, 1.82) is 0 Å². The Morgan fingerprint density at radius 1 is 0.892 bits per heavy atom. The van der Waals surface area contributed by atoms with E-state index in [1.807, 2.05) is 12.1 Å². The number of carbonyl (C=O) groups excluding carboxylic acids is 2. The second-order valence-corrected chi connectivity index (χ2v) is 8.69. The number of anilines is 1. The highest BCUT2D eigenvalue weighted by Crippen LogP contribution is 2.45. The topological polar surface area (TPSA) is 78.2 Å². The maximum absolute atomic E-state index is 13.7. The van der Waals surface area contributed by atoms with E-state index in [1.165, 1.54) is 32.4 Å². The summed E-state index contributed by atoms with van der Waals surface area (Å²) in [5.74, 6) is -1.37. The maximum atomic E-state index is 13.7. The van der Waals surface area contributed by atoms with Crippen LogP contribution in [0.3, 0.4) is 0 Å². The van der Waals surface area contributed by atoms with Gasteiger partial charge in [-0.25, -0.2) is 14.0 Å². The van der Waals surface area contributed by atoms with Gasteiger partial charge >= 0.3 is 11.9 Å². The normalized spacial score (nSPS) is 14.2. The zero-order valence-electron chi connectivity index (χ0n) is 20.9. The van der Waals surface area contributed by atoms with Crippen molar-refractivity contribution < 1.29 is 32.6 Å². The van der Waals surface area contributed by atoms with Crippen molar-refractivity contribution in [2.24, 2.45) is 0 Å². The van der Waals surface area contributed by atoms with Crippen LogP contribution >= 0.6 is 11.6 Å². The minimum atomic E-state index is -0.918. The highest BCUT2D eigenvalue weighted by atomic mass is 35.5. The number of ether oxygens (including phenoxy) is 3. The second-order valence-electron chi connectivity index (χ2n) is 8.28. The Morgan fingerprint density at radius 3 is 2.00 bits per heavy atom. The number of carbonyl (C=O) groups is 2. The summed E-state index contributed by atoms with van der Waals surface area (Å²) in [5.41, 5.74) is 2.77. The predicted octanol–water partition coefficient (Wildman–Crippen LogP) is 6.25. The average molecular weight is 526 g/mol. The average Bonchev–Trinajstić information content (AvgIpc) is 3.39. The van der Waals surface area contributed by atoms with Crippen molar-refractivity contribution >= 4 is 29.2 Å². The van der Waals surface area contributed by atoms with Crippen LogP contribution in [0.15, 0.2) is 81.6 Å². The standard InChI is InChI=1S/C28H25ClFNO6/c1-15-24(27(32)35-4)26(23-13-12-22(37-23)17-6-11-21(30)20(29)14-17)25(28(33)36-5)16(2)31(15)18-7-9-19(34-3)10-8-18/h6-14,26H,1-5H3. The number of hydrogen-bond donors (Lipinski definition) is 0. The summed E-state index contributed by atoms with van der Waals surface area (Å²) in [5, 5.41) is -0.0553. The molecule has 9 heteroatoms. The van der Waals surface area contributed by atoms with E-state index in [2.05, 4.69) is 0 Å². The van der Waals surface area contributed by atoms with Gasteiger partial charge in [0.15, 0.2) is 0 Å². The van der Waals surface area contributed by atoms with Gasteiger partial charge in [0.2, 0.25) is 0 Å². The molecule has 0 bridgehead atoms. The summed E-state index contributed by atoms with van der Waals surface area (Å²) >= 11 is 5.95. The van der Waals surface area contributed by atoms with Gasteiger partial charge in [-0.3, -0.25) is 0 Å². The van der Waals surface area contributed by atoms with Crippen LogP contribution in [-0.2, 0) is 19.1 Å². The Hall–Kier alpha value is -4.04. The van der Waals surface area contributed by atoms with Crippen LogP contribution < -0.4 is 9.64 Å². The first-order chi connectivity index (χ1) is 17.7. The molecule has 0 N–H and O–H groups in total. The van der Waals surface area contributed by atoms with Crippen LogP contribution in [0.4, 0.5) is 10.1 Å². The molecule has 0 spiro atoms. The van der Waals surface area contributed by atoms with Gasteiger partial charge < -0.3 is 23.5 Å². The van der Waals surface area contributed by atoms with Gasteiger partial charge in [0, 0.05) is 22.6 Å². The van der Waals surface area contributed by atoms with Crippen LogP contribution in [0.2, 0.25) is 5.02 Å². The summed E-state index contributed by atoms with van der Waals surface area (Å²) in [7, 11) is 4.11. The van der Waals surface area contributed by atoms with E-state index in [0.717, 1.165) is 0 Å². The van der Waals surface area contributed by atoms with Crippen LogP contribution in [0.25, 0.3) is 11.3 Å². The number of benzene rings is 2. The largest absolute Gasteiger partial charge is 0.497 e. The molecular weight excluding hydrogens is 501 g/mol. The Kier molecular flexibility index (Phi) is 7.40. The number of furan rings is 1. The van der Waals surface area contributed by atoms with Gasteiger partial charge in [-0.1, -0.05) is 11.6 Å². The van der Waals surface area contributed by atoms with Gasteiger partial charge in [0.1, 0.15) is 23.1 Å². The van der Waals surface area contributed by atoms with Gasteiger partial charge in [0.05, 0.1) is 43.4 Å². The van der Waals surface area contributed by atoms with E-state index >= 15 is 0 Å². The van der Waals surface area contributed by atoms with Gasteiger partial charge in [-0.05, 0) is 68.4 Å². The van der Waals surface area contributed by atoms with E-state index in [4.69, 9.17) is 30.2 Å². The molecule has 7 nitrogen and oxygen atoms in total. The van der Waals surface area contributed by atoms with Crippen molar-refractivity contribution in [2.45, 2.75) is 19.8 Å². The number of rotatable bonds is 6. The fourth-order valence-corrected chi connectivity index (χ4v) is 4.70. The zero-order chi connectivity index (χ0) is 26.9. The third kappa shape index (κ3) is 4.72. The van der Waals surface area contributed by atoms with E-state index in [9.17, 15) is 14.0 Å². The molecule has 0 amide bonds. The second kappa shape index (κ2) is 10.5. The lowest BCUT2D eigenvalue weighted by Crippen LogP contribution is -2.35. The lowest BCUT2D eigenvalue weighted by molar-refractivity contribution is -0.137. The molecule has 2 heterocycles. The molecule has 1 aliphatic rings. The van der Waals surface area contributed by atoms with Gasteiger partial charge in [-0.2, -0.15) is 0 Å². The molecule has 2 aromatic carbocycles. The molecule has 0 unspecified atom stereocenters.